The first-order valence-electron chi connectivity index (χ1n) is 7.91. The minimum Gasteiger partial charge on any atom is -0.452 e. The van der Waals surface area contributed by atoms with Crippen LogP contribution >= 0.6 is 15.9 Å². The third-order valence-corrected chi connectivity index (χ3v) is 4.40. The lowest BCUT2D eigenvalue weighted by atomic mass is 10.1. The zero-order chi connectivity index (χ0) is 18.2. The molecule has 0 radical (unpaired) electrons. The van der Waals surface area contributed by atoms with Gasteiger partial charge in [0.25, 0.3) is 5.91 Å². The van der Waals surface area contributed by atoms with E-state index in [9.17, 15) is 9.59 Å². The van der Waals surface area contributed by atoms with Crippen LogP contribution in [0, 0.1) is 6.92 Å². The Morgan fingerprint density at radius 3 is 2.56 bits per heavy atom. The predicted octanol–water partition coefficient (Wildman–Crippen LogP) is 4.19. The van der Waals surface area contributed by atoms with Crippen LogP contribution in [0.3, 0.4) is 0 Å². The van der Waals surface area contributed by atoms with Gasteiger partial charge in [0.1, 0.15) is 0 Å². The minimum absolute atomic E-state index is 0.190. The maximum absolute atomic E-state index is 11.9. The normalized spacial score (nSPS) is 12.0. The Kier molecular flexibility index (Phi) is 6.95. The number of esters is 1. The molecule has 0 saturated carbocycles. The molecule has 0 aliphatic carbocycles. The Balaban J connectivity index is 1.82. The average Bonchev–Trinajstić information content (AvgIpc) is 2.59. The molecule has 2 aromatic carbocycles. The second kappa shape index (κ2) is 9.18. The van der Waals surface area contributed by atoms with Crippen LogP contribution in [0.5, 0.6) is 0 Å². The SMILES string of the molecule is Cc1ccccc1/C=C/C(=O)OCC(=O)N[C@H](C)c1ccccc1Br. The molecule has 130 valence electrons. The number of carbonyl (C=O) groups is 2. The fourth-order valence-electron chi connectivity index (χ4n) is 2.30. The highest BCUT2D eigenvalue weighted by Gasteiger charge is 2.13. The van der Waals surface area contributed by atoms with Crippen molar-refractivity contribution in [3.8, 4) is 0 Å². The van der Waals surface area contributed by atoms with Gasteiger partial charge in [-0.1, -0.05) is 58.4 Å². The second-order valence-corrected chi connectivity index (χ2v) is 6.46. The van der Waals surface area contributed by atoms with E-state index in [1.54, 1.807) is 6.08 Å². The van der Waals surface area contributed by atoms with Gasteiger partial charge in [-0.15, -0.1) is 0 Å². The second-order valence-electron chi connectivity index (χ2n) is 5.61. The van der Waals surface area contributed by atoms with Crippen molar-refractivity contribution in [3.05, 3.63) is 75.8 Å². The first-order chi connectivity index (χ1) is 12.0. The van der Waals surface area contributed by atoms with Gasteiger partial charge in [-0.2, -0.15) is 0 Å². The van der Waals surface area contributed by atoms with E-state index >= 15 is 0 Å². The van der Waals surface area contributed by atoms with Gasteiger partial charge in [-0.3, -0.25) is 4.79 Å². The lowest BCUT2D eigenvalue weighted by Gasteiger charge is -2.15. The highest BCUT2D eigenvalue weighted by molar-refractivity contribution is 9.10. The molecule has 1 atom stereocenters. The quantitative estimate of drug-likeness (QED) is 0.582. The molecule has 2 rings (SSSR count). The van der Waals surface area contributed by atoms with Crippen molar-refractivity contribution >= 4 is 33.9 Å². The summed E-state index contributed by atoms with van der Waals surface area (Å²) < 4.78 is 5.90. The fourth-order valence-corrected chi connectivity index (χ4v) is 2.93. The average molecular weight is 402 g/mol. The van der Waals surface area contributed by atoms with Crippen molar-refractivity contribution in [2.24, 2.45) is 0 Å². The maximum Gasteiger partial charge on any atom is 0.331 e. The van der Waals surface area contributed by atoms with Crippen LogP contribution < -0.4 is 5.32 Å². The van der Waals surface area contributed by atoms with Crippen LogP contribution in [-0.4, -0.2) is 18.5 Å². The molecule has 0 bridgehead atoms. The van der Waals surface area contributed by atoms with Crippen LogP contribution in [0.4, 0.5) is 0 Å². The number of hydrogen-bond acceptors (Lipinski definition) is 3. The number of amides is 1. The van der Waals surface area contributed by atoms with Gasteiger partial charge in [0, 0.05) is 10.5 Å². The monoisotopic (exact) mass is 401 g/mol. The highest BCUT2D eigenvalue weighted by Crippen LogP contribution is 2.22. The van der Waals surface area contributed by atoms with E-state index < -0.39 is 5.97 Å². The van der Waals surface area contributed by atoms with Gasteiger partial charge in [0.05, 0.1) is 6.04 Å². The van der Waals surface area contributed by atoms with E-state index in [1.165, 1.54) is 6.08 Å². The zero-order valence-corrected chi connectivity index (χ0v) is 15.7. The van der Waals surface area contributed by atoms with Crippen molar-refractivity contribution in [2.45, 2.75) is 19.9 Å². The molecule has 5 heteroatoms. The largest absolute Gasteiger partial charge is 0.452 e. The molecule has 25 heavy (non-hydrogen) atoms. The number of rotatable bonds is 6. The highest BCUT2D eigenvalue weighted by atomic mass is 79.9. The summed E-state index contributed by atoms with van der Waals surface area (Å²) in [5, 5.41) is 2.81. The molecule has 4 nitrogen and oxygen atoms in total. The van der Waals surface area contributed by atoms with Gasteiger partial charge < -0.3 is 10.1 Å². The summed E-state index contributed by atoms with van der Waals surface area (Å²) in [4.78, 5) is 23.7. The Labute approximate surface area is 156 Å². The van der Waals surface area contributed by atoms with Crippen molar-refractivity contribution in [1.82, 2.24) is 5.32 Å². The van der Waals surface area contributed by atoms with E-state index in [0.29, 0.717) is 0 Å². The molecule has 0 aliphatic rings. The first-order valence-corrected chi connectivity index (χ1v) is 8.71. The van der Waals surface area contributed by atoms with E-state index in [4.69, 9.17) is 4.74 Å². The number of nitrogens with one attached hydrogen (secondary N) is 1. The molecule has 1 N–H and O–H groups in total. The van der Waals surface area contributed by atoms with Crippen molar-refractivity contribution in [1.29, 1.82) is 0 Å². The number of halogens is 1. The van der Waals surface area contributed by atoms with Gasteiger partial charge in [0.15, 0.2) is 6.61 Å². The van der Waals surface area contributed by atoms with Crippen LogP contribution in [0.25, 0.3) is 6.08 Å². The van der Waals surface area contributed by atoms with Crippen LogP contribution in [0.1, 0.15) is 29.7 Å². The Hall–Kier alpha value is -2.40. The molecule has 0 spiro atoms. The summed E-state index contributed by atoms with van der Waals surface area (Å²) in [5.41, 5.74) is 2.96. The zero-order valence-electron chi connectivity index (χ0n) is 14.2. The fraction of sp³-hybridized carbons (Fsp3) is 0.200. The third kappa shape index (κ3) is 5.87. The van der Waals surface area contributed by atoms with Crippen molar-refractivity contribution in [3.63, 3.8) is 0 Å². The number of aryl methyl sites for hydroxylation is 1. The third-order valence-electron chi connectivity index (χ3n) is 3.68. The summed E-state index contributed by atoms with van der Waals surface area (Å²) in [6.45, 7) is 3.52. The van der Waals surface area contributed by atoms with E-state index in [2.05, 4.69) is 21.2 Å². The summed E-state index contributed by atoms with van der Waals surface area (Å²) in [6, 6.07) is 15.1. The Morgan fingerprint density at radius 1 is 1.16 bits per heavy atom. The molecule has 0 aromatic heterocycles. The lowest BCUT2D eigenvalue weighted by molar-refractivity contribution is -0.144. The molecule has 0 heterocycles. The molecule has 0 unspecified atom stereocenters. The number of ether oxygens (including phenoxy) is 1. The standard InChI is InChI=1S/C20H20BrNO3/c1-14-7-3-4-8-16(14)11-12-20(24)25-13-19(23)22-15(2)17-9-5-6-10-18(17)21/h3-12,15H,13H2,1-2H3,(H,22,23)/b12-11+/t15-/m1/s1. The van der Waals surface area contributed by atoms with Crippen molar-refractivity contribution in [2.75, 3.05) is 6.61 Å². The van der Waals surface area contributed by atoms with Crippen LogP contribution in [-0.2, 0) is 14.3 Å². The number of hydrogen-bond donors (Lipinski definition) is 1. The molecular formula is C20H20BrNO3. The van der Waals surface area contributed by atoms with Gasteiger partial charge in [-0.25, -0.2) is 4.79 Å². The molecule has 2 aromatic rings. The molecule has 0 saturated heterocycles. The maximum atomic E-state index is 11.9. The van der Waals surface area contributed by atoms with Gasteiger partial charge >= 0.3 is 5.97 Å². The van der Waals surface area contributed by atoms with Gasteiger partial charge in [-0.05, 0) is 42.7 Å². The topological polar surface area (TPSA) is 55.4 Å². The minimum atomic E-state index is -0.549. The number of carbonyl (C=O) groups excluding carboxylic acids is 2. The molecule has 1 amide bonds. The van der Waals surface area contributed by atoms with Crippen LogP contribution in [0.15, 0.2) is 59.1 Å². The van der Waals surface area contributed by atoms with Crippen molar-refractivity contribution < 1.29 is 14.3 Å². The van der Waals surface area contributed by atoms with Gasteiger partial charge in [0.2, 0.25) is 0 Å². The summed E-state index contributed by atoms with van der Waals surface area (Å²) >= 11 is 3.45. The van der Waals surface area contributed by atoms with E-state index in [1.807, 2.05) is 62.4 Å². The molecular weight excluding hydrogens is 382 g/mol. The predicted molar refractivity (Wildman–Crippen MR) is 102 cm³/mol. The van der Waals surface area contributed by atoms with Crippen LogP contribution in [0.2, 0.25) is 0 Å². The first kappa shape index (κ1) is 18.9. The summed E-state index contributed by atoms with van der Waals surface area (Å²) in [5.74, 6) is -0.896. The Bertz CT molecular complexity index is 786. The number of benzene rings is 2. The van der Waals surface area contributed by atoms with E-state index in [-0.39, 0.29) is 18.6 Å². The summed E-state index contributed by atoms with van der Waals surface area (Å²) in [6.07, 6.45) is 3.01. The molecule has 0 aliphatic heterocycles. The Morgan fingerprint density at radius 2 is 1.84 bits per heavy atom. The smallest absolute Gasteiger partial charge is 0.331 e. The summed E-state index contributed by atoms with van der Waals surface area (Å²) in [7, 11) is 0. The van der Waals surface area contributed by atoms with E-state index in [0.717, 1.165) is 21.2 Å². The molecule has 0 fully saturated rings. The lowest BCUT2D eigenvalue weighted by Crippen LogP contribution is -2.31.